The molecule has 0 saturated heterocycles. The molecule has 112 valence electrons. The van der Waals surface area contributed by atoms with E-state index in [4.69, 9.17) is 4.74 Å². The van der Waals surface area contributed by atoms with Crippen molar-refractivity contribution in [3.05, 3.63) is 64.7 Å². The Morgan fingerprint density at radius 1 is 1.05 bits per heavy atom. The van der Waals surface area contributed by atoms with Crippen LogP contribution in [0.4, 0.5) is 0 Å². The van der Waals surface area contributed by atoms with E-state index >= 15 is 0 Å². The molecule has 0 fully saturated rings. The van der Waals surface area contributed by atoms with E-state index in [0.29, 0.717) is 5.92 Å². The molecule has 21 heavy (non-hydrogen) atoms. The lowest BCUT2D eigenvalue weighted by Gasteiger charge is -2.21. The highest BCUT2D eigenvalue weighted by atomic mass is 16.5. The van der Waals surface area contributed by atoms with Gasteiger partial charge in [0.05, 0.1) is 7.11 Å². The Balaban J connectivity index is 2.47. The van der Waals surface area contributed by atoms with Gasteiger partial charge in [0.1, 0.15) is 5.75 Å². The van der Waals surface area contributed by atoms with Gasteiger partial charge in [-0.3, -0.25) is 0 Å². The minimum absolute atomic E-state index is 0.354. The summed E-state index contributed by atoms with van der Waals surface area (Å²) in [6.45, 7) is 5.26. The lowest BCUT2D eigenvalue weighted by atomic mass is 9.86. The van der Waals surface area contributed by atoms with Crippen LogP contribution in [-0.2, 0) is 0 Å². The van der Waals surface area contributed by atoms with E-state index in [-0.39, 0.29) is 0 Å². The second kappa shape index (κ2) is 7.28. The topological polar surface area (TPSA) is 21.3 Å². The highest BCUT2D eigenvalue weighted by Gasteiger charge is 2.18. The van der Waals surface area contributed by atoms with Crippen LogP contribution in [-0.4, -0.2) is 20.7 Å². The van der Waals surface area contributed by atoms with Crippen molar-refractivity contribution >= 4 is 0 Å². The largest absolute Gasteiger partial charge is 0.496 e. The molecule has 1 unspecified atom stereocenters. The van der Waals surface area contributed by atoms with E-state index in [1.54, 1.807) is 7.11 Å². The smallest absolute Gasteiger partial charge is 0.122 e. The van der Waals surface area contributed by atoms with E-state index < -0.39 is 0 Å². The van der Waals surface area contributed by atoms with Gasteiger partial charge in [-0.05, 0) is 45.5 Å². The molecule has 2 aromatic carbocycles. The second-order valence-electron chi connectivity index (χ2n) is 5.60. The van der Waals surface area contributed by atoms with Crippen LogP contribution in [0, 0.1) is 13.8 Å². The second-order valence-corrected chi connectivity index (χ2v) is 5.60. The summed E-state index contributed by atoms with van der Waals surface area (Å²) >= 11 is 0. The van der Waals surface area contributed by atoms with Crippen molar-refractivity contribution in [3.63, 3.8) is 0 Å². The first-order valence-corrected chi connectivity index (χ1v) is 7.51. The average molecular weight is 283 g/mol. The van der Waals surface area contributed by atoms with Gasteiger partial charge in [0.15, 0.2) is 0 Å². The monoisotopic (exact) mass is 283 g/mol. The molecule has 0 aliphatic heterocycles. The number of benzene rings is 2. The maximum Gasteiger partial charge on any atom is 0.122 e. The Bertz CT molecular complexity index is 592. The Morgan fingerprint density at radius 3 is 2.48 bits per heavy atom. The number of ether oxygens (including phenoxy) is 1. The molecule has 2 heteroatoms. The molecule has 0 bridgehead atoms. The van der Waals surface area contributed by atoms with Crippen LogP contribution in [0.1, 0.15) is 34.6 Å². The molecule has 1 atom stereocenters. The van der Waals surface area contributed by atoms with Crippen molar-refractivity contribution in [2.24, 2.45) is 0 Å². The van der Waals surface area contributed by atoms with Crippen molar-refractivity contribution in [2.45, 2.75) is 26.2 Å². The maximum absolute atomic E-state index is 5.59. The Hall–Kier alpha value is -1.80. The minimum atomic E-state index is 0.354. The zero-order chi connectivity index (χ0) is 15.2. The number of aryl methyl sites for hydroxylation is 2. The predicted octanol–water partition coefficient (Wildman–Crippen LogP) is 4.05. The summed E-state index contributed by atoms with van der Waals surface area (Å²) in [7, 11) is 3.75. The molecule has 2 nitrogen and oxygen atoms in total. The Kier molecular flexibility index (Phi) is 5.40. The van der Waals surface area contributed by atoms with Crippen LogP contribution in [0.2, 0.25) is 0 Å². The average Bonchev–Trinajstić information content (AvgIpc) is 2.48. The summed E-state index contributed by atoms with van der Waals surface area (Å²) < 4.78 is 5.59. The van der Waals surface area contributed by atoms with Crippen LogP contribution in [0.15, 0.2) is 42.5 Å². The summed E-state index contributed by atoms with van der Waals surface area (Å²) in [6, 6.07) is 15.2. The molecule has 0 aliphatic carbocycles. The van der Waals surface area contributed by atoms with E-state index in [9.17, 15) is 0 Å². The fourth-order valence-electron chi connectivity index (χ4n) is 2.80. The molecule has 0 aliphatic rings. The van der Waals surface area contributed by atoms with Gasteiger partial charge < -0.3 is 10.1 Å². The first kappa shape index (κ1) is 15.6. The molecule has 0 heterocycles. The lowest BCUT2D eigenvalue weighted by Crippen LogP contribution is -2.14. The molecule has 1 N–H and O–H groups in total. The lowest BCUT2D eigenvalue weighted by molar-refractivity contribution is 0.406. The van der Waals surface area contributed by atoms with E-state index in [0.717, 1.165) is 18.7 Å². The first-order chi connectivity index (χ1) is 10.2. The number of rotatable bonds is 6. The summed E-state index contributed by atoms with van der Waals surface area (Å²) in [6.07, 6.45) is 1.06. The number of hydrogen-bond acceptors (Lipinski definition) is 2. The van der Waals surface area contributed by atoms with Crippen LogP contribution in [0.3, 0.4) is 0 Å². The maximum atomic E-state index is 5.59. The predicted molar refractivity (Wildman–Crippen MR) is 89.3 cm³/mol. The van der Waals surface area contributed by atoms with Crippen molar-refractivity contribution in [1.82, 2.24) is 5.32 Å². The molecule has 0 saturated carbocycles. The number of hydrogen-bond donors (Lipinski definition) is 1. The van der Waals surface area contributed by atoms with Crippen LogP contribution < -0.4 is 10.1 Å². The fraction of sp³-hybridized carbons (Fsp3) is 0.368. The van der Waals surface area contributed by atoms with Crippen LogP contribution in [0.5, 0.6) is 5.75 Å². The van der Waals surface area contributed by atoms with Gasteiger partial charge in [-0.25, -0.2) is 0 Å². The molecular formula is C19H25NO. The van der Waals surface area contributed by atoms with Gasteiger partial charge in [0.2, 0.25) is 0 Å². The van der Waals surface area contributed by atoms with Gasteiger partial charge in [0, 0.05) is 11.5 Å². The third kappa shape index (κ3) is 3.85. The van der Waals surface area contributed by atoms with E-state index in [2.05, 4.69) is 61.6 Å². The molecular weight excluding hydrogens is 258 g/mol. The van der Waals surface area contributed by atoms with E-state index in [1.807, 2.05) is 7.05 Å². The molecule has 2 aromatic rings. The van der Waals surface area contributed by atoms with Crippen LogP contribution in [0.25, 0.3) is 0 Å². The number of nitrogens with one attached hydrogen (secondary N) is 1. The third-order valence-corrected chi connectivity index (χ3v) is 3.89. The van der Waals surface area contributed by atoms with Crippen molar-refractivity contribution in [2.75, 3.05) is 20.7 Å². The zero-order valence-corrected chi connectivity index (χ0v) is 13.4. The van der Waals surface area contributed by atoms with Gasteiger partial charge in [-0.1, -0.05) is 47.5 Å². The fourth-order valence-corrected chi connectivity index (χ4v) is 2.80. The molecule has 0 spiro atoms. The zero-order valence-electron chi connectivity index (χ0n) is 13.4. The normalized spacial score (nSPS) is 12.2. The SMILES string of the molecule is CNCCC(c1cccc(C)c1)c1cc(C)ccc1OC. The van der Waals surface area contributed by atoms with Crippen molar-refractivity contribution in [1.29, 1.82) is 0 Å². The van der Waals surface area contributed by atoms with Gasteiger partial charge in [-0.2, -0.15) is 0 Å². The summed E-state index contributed by atoms with van der Waals surface area (Å²) in [5.41, 5.74) is 5.20. The highest BCUT2D eigenvalue weighted by molar-refractivity contribution is 5.44. The molecule has 0 radical (unpaired) electrons. The van der Waals surface area contributed by atoms with Crippen LogP contribution >= 0.6 is 0 Å². The van der Waals surface area contributed by atoms with Gasteiger partial charge in [0.25, 0.3) is 0 Å². The van der Waals surface area contributed by atoms with E-state index in [1.165, 1.54) is 22.3 Å². The third-order valence-electron chi connectivity index (χ3n) is 3.89. The standard InChI is InChI=1S/C19H25NO/c1-14-6-5-7-16(12-14)17(10-11-20-3)18-13-15(2)8-9-19(18)21-4/h5-9,12-13,17,20H,10-11H2,1-4H3. The Labute approximate surface area is 128 Å². The summed E-state index contributed by atoms with van der Waals surface area (Å²) in [5.74, 6) is 1.33. The summed E-state index contributed by atoms with van der Waals surface area (Å²) in [5, 5.41) is 3.26. The molecule has 0 aromatic heterocycles. The highest BCUT2D eigenvalue weighted by Crippen LogP contribution is 2.35. The Morgan fingerprint density at radius 2 is 1.81 bits per heavy atom. The van der Waals surface area contributed by atoms with Crippen molar-refractivity contribution < 1.29 is 4.74 Å². The quantitative estimate of drug-likeness (QED) is 0.863. The minimum Gasteiger partial charge on any atom is -0.496 e. The molecule has 0 amide bonds. The summed E-state index contributed by atoms with van der Waals surface area (Å²) in [4.78, 5) is 0. The van der Waals surface area contributed by atoms with Gasteiger partial charge >= 0.3 is 0 Å². The molecule has 2 rings (SSSR count). The van der Waals surface area contributed by atoms with Gasteiger partial charge in [-0.15, -0.1) is 0 Å². The van der Waals surface area contributed by atoms with Crippen molar-refractivity contribution in [3.8, 4) is 5.75 Å². The number of methoxy groups -OCH3 is 1. The first-order valence-electron chi connectivity index (χ1n) is 7.51.